The molecule has 0 aliphatic rings. The summed E-state index contributed by atoms with van der Waals surface area (Å²) in [5.41, 5.74) is 3.55. The van der Waals surface area contributed by atoms with Crippen LogP contribution < -0.4 is 0 Å². The minimum absolute atomic E-state index is 0.0895. The van der Waals surface area contributed by atoms with Gasteiger partial charge in [-0.25, -0.2) is 0 Å². The number of carbonyl (C=O) groups is 1. The van der Waals surface area contributed by atoms with Crippen molar-refractivity contribution in [1.29, 1.82) is 0 Å². The Morgan fingerprint density at radius 2 is 1.65 bits per heavy atom. The van der Waals surface area contributed by atoms with Crippen LogP contribution in [0.4, 0.5) is 0 Å². The summed E-state index contributed by atoms with van der Waals surface area (Å²) in [4.78, 5) is 11.6. The third-order valence-electron chi connectivity index (χ3n) is 3.04. The number of hydrogen-bond donors (Lipinski definition) is 1. The number of allylic oxidation sites excluding steroid dienone is 6. The highest BCUT2D eigenvalue weighted by atomic mass is 16.3. The van der Waals surface area contributed by atoms with Crippen molar-refractivity contribution in [2.75, 3.05) is 0 Å². The van der Waals surface area contributed by atoms with E-state index >= 15 is 0 Å². The molecule has 0 spiro atoms. The molecule has 0 rings (SSSR count). The quantitative estimate of drug-likeness (QED) is 0.488. The van der Waals surface area contributed by atoms with Crippen LogP contribution in [-0.2, 0) is 4.79 Å². The highest BCUT2D eigenvalue weighted by Gasteiger charge is 1.98. The van der Waals surface area contributed by atoms with Crippen LogP contribution in [0.1, 0.15) is 66.7 Å². The summed E-state index contributed by atoms with van der Waals surface area (Å²) in [5, 5.41) is 9.19. The molecule has 0 saturated heterocycles. The van der Waals surface area contributed by atoms with Gasteiger partial charge < -0.3 is 5.11 Å². The lowest BCUT2D eigenvalue weighted by Gasteiger charge is -2.04. The predicted molar refractivity (Wildman–Crippen MR) is 86.7 cm³/mol. The third kappa shape index (κ3) is 11.9. The fourth-order valence-electron chi connectivity index (χ4n) is 1.96. The first-order chi connectivity index (χ1) is 9.31. The van der Waals surface area contributed by atoms with Crippen molar-refractivity contribution in [3.63, 3.8) is 0 Å². The molecule has 0 aromatic heterocycles. The zero-order chi connectivity index (χ0) is 15.5. The van der Waals surface area contributed by atoms with E-state index in [1.807, 2.05) is 27.7 Å². The molecule has 114 valence electrons. The summed E-state index contributed by atoms with van der Waals surface area (Å²) in [6, 6.07) is 0. The fourth-order valence-corrected chi connectivity index (χ4v) is 1.96. The van der Waals surface area contributed by atoms with Gasteiger partial charge in [-0.3, -0.25) is 4.79 Å². The molecular formula is C18H30O2. The Hall–Kier alpha value is -1.15. The monoisotopic (exact) mass is 278 g/mol. The SMILES string of the molecule is CC(C)=CC(=O)/C=C(/C)CCC/C(C)=C/CCC(C)O. The second kappa shape index (κ2) is 10.6. The van der Waals surface area contributed by atoms with E-state index in [9.17, 15) is 9.90 Å². The Labute approximate surface area is 124 Å². The molecule has 2 heteroatoms. The van der Waals surface area contributed by atoms with E-state index in [4.69, 9.17) is 0 Å². The molecule has 0 aromatic carbocycles. The Morgan fingerprint density at radius 1 is 1.05 bits per heavy atom. The largest absolute Gasteiger partial charge is 0.393 e. The minimum Gasteiger partial charge on any atom is -0.393 e. The van der Waals surface area contributed by atoms with E-state index < -0.39 is 0 Å². The van der Waals surface area contributed by atoms with Gasteiger partial charge in [0.1, 0.15) is 0 Å². The molecule has 0 amide bonds. The van der Waals surface area contributed by atoms with Crippen molar-refractivity contribution in [2.24, 2.45) is 0 Å². The summed E-state index contributed by atoms with van der Waals surface area (Å²) in [7, 11) is 0. The number of hydrogen-bond acceptors (Lipinski definition) is 2. The van der Waals surface area contributed by atoms with Gasteiger partial charge >= 0.3 is 0 Å². The predicted octanol–water partition coefficient (Wildman–Crippen LogP) is 4.75. The van der Waals surface area contributed by atoms with E-state index in [1.165, 1.54) is 5.57 Å². The normalized spacial score (nSPS) is 14.1. The van der Waals surface area contributed by atoms with Crippen molar-refractivity contribution in [3.8, 4) is 0 Å². The van der Waals surface area contributed by atoms with Gasteiger partial charge in [-0.15, -0.1) is 0 Å². The molecule has 20 heavy (non-hydrogen) atoms. The summed E-state index contributed by atoms with van der Waals surface area (Å²) in [5.74, 6) is 0.0895. The Bertz CT molecular complexity index is 380. The molecule has 1 N–H and O–H groups in total. The zero-order valence-corrected chi connectivity index (χ0v) is 13.7. The van der Waals surface area contributed by atoms with E-state index in [0.717, 1.165) is 43.3 Å². The molecule has 0 heterocycles. The van der Waals surface area contributed by atoms with Crippen LogP contribution in [0.2, 0.25) is 0 Å². The second-order valence-corrected chi connectivity index (χ2v) is 5.95. The molecule has 0 aliphatic heterocycles. The van der Waals surface area contributed by atoms with Crippen molar-refractivity contribution >= 4 is 5.78 Å². The molecule has 0 aliphatic carbocycles. The standard InChI is InChI=1S/C18H30O2/c1-14(2)12-18(20)13-16(4)10-6-8-15(3)9-7-11-17(5)19/h9,12-13,17,19H,6-8,10-11H2,1-5H3/b15-9+,16-13-. The van der Waals surface area contributed by atoms with Gasteiger partial charge in [-0.1, -0.05) is 22.8 Å². The fraction of sp³-hybridized carbons (Fsp3) is 0.611. The number of rotatable bonds is 9. The summed E-state index contributed by atoms with van der Waals surface area (Å²) < 4.78 is 0. The second-order valence-electron chi connectivity index (χ2n) is 5.95. The molecular weight excluding hydrogens is 248 g/mol. The van der Waals surface area contributed by atoms with Crippen LogP contribution in [0.15, 0.2) is 34.9 Å². The first-order valence-electron chi connectivity index (χ1n) is 7.51. The Morgan fingerprint density at radius 3 is 2.20 bits per heavy atom. The van der Waals surface area contributed by atoms with Crippen LogP contribution in [0.5, 0.6) is 0 Å². The van der Waals surface area contributed by atoms with E-state index in [-0.39, 0.29) is 11.9 Å². The van der Waals surface area contributed by atoms with Crippen molar-refractivity contribution < 1.29 is 9.90 Å². The lowest BCUT2D eigenvalue weighted by atomic mass is 10.0. The molecule has 2 nitrogen and oxygen atoms in total. The molecule has 0 radical (unpaired) electrons. The molecule has 0 saturated carbocycles. The third-order valence-corrected chi connectivity index (χ3v) is 3.04. The molecule has 1 atom stereocenters. The van der Waals surface area contributed by atoms with Gasteiger partial charge in [0.25, 0.3) is 0 Å². The van der Waals surface area contributed by atoms with Gasteiger partial charge in [0, 0.05) is 0 Å². The number of aliphatic hydroxyl groups excluding tert-OH is 1. The van der Waals surface area contributed by atoms with E-state index in [0.29, 0.717) is 0 Å². The topological polar surface area (TPSA) is 37.3 Å². The van der Waals surface area contributed by atoms with Crippen LogP contribution in [0.25, 0.3) is 0 Å². The molecule has 0 fully saturated rings. The maximum atomic E-state index is 11.6. The van der Waals surface area contributed by atoms with Crippen molar-refractivity contribution in [2.45, 2.75) is 72.8 Å². The Kier molecular flexibility index (Phi) is 10.0. The van der Waals surface area contributed by atoms with Gasteiger partial charge in [0.2, 0.25) is 0 Å². The highest BCUT2D eigenvalue weighted by molar-refractivity contribution is 5.99. The van der Waals surface area contributed by atoms with Gasteiger partial charge in [-0.2, -0.15) is 0 Å². The lowest BCUT2D eigenvalue weighted by Crippen LogP contribution is -1.97. The van der Waals surface area contributed by atoms with Crippen LogP contribution in [0, 0.1) is 0 Å². The van der Waals surface area contributed by atoms with Gasteiger partial charge in [0.15, 0.2) is 5.78 Å². The summed E-state index contributed by atoms with van der Waals surface area (Å²) in [6.45, 7) is 9.84. The summed E-state index contributed by atoms with van der Waals surface area (Å²) in [6.07, 6.45) is 10.3. The van der Waals surface area contributed by atoms with E-state index in [2.05, 4.69) is 13.0 Å². The van der Waals surface area contributed by atoms with Crippen LogP contribution >= 0.6 is 0 Å². The number of aliphatic hydroxyl groups is 1. The number of ketones is 1. The maximum Gasteiger partial charge on any atom is 0.178 e. The summed E-state index contributed by atoms with van der Waals surface area (Å²) >= 11 is 0. The molecule has 1 unspecified atom stereocenters. The average molecular weight is 278 g/mol. The minimum atomic E-state index is -0.217. The van der Waals surface area contributed by atoms with Crippen LogP contribution in [-0.4, -0.2) is 17.0 Å². The van der Waals surface area contributed by atoms with E-state index in [1.54, 1.807) is 12.2 Å². The first kappa shape index (κ1) is 18.9. The number of carbonyl (C=O) groups excluding carboxylic acids is 1. The van der Waals surface area contributed by atoms with Crippen molar-refractivity contribution in [3.05, 3.63) is 34.9 Å². The lowest BCUT2D eigenvalue weighted by molar-refractivity contribution is -0.110. The van der Waals surface area contributed by atoms with Crippen LogP contribution in [0.3, 0.4) is 0 Å². The Balaban J connectivity index is 4.02. The van der Waals surface area contributed by atoms with Gasteiger partial charge in [0.05, 0.1) is 6.10 Å². The highest BCUT2D eigenvalue weighted by Crippen LogP contribution is 2.13. The van der Waals surface area contributed by atoms with Crippen molar-refractivity contribution in [1.82, 2.24) is 0 Å². The molecule has 0 bridgehead atoms. The van der Waals surface area contributed by atoms with Gasteiger partial charge in [-0.05, 0) is 78.9 Å². The smallest absolute Gasteiger partial charge is 0.178 e. The molecule has 0 aromatic rings. The first-order valence-corrected chi connectivity index (χ1v) is 7.51. The average Bonchev–Trinajstić information content (AvgIpc) is 2.26. The maximum absolute atomic E-state index is 11.6. The zero-order valence-electron chi connectivity index (χ0n) is 13.7.